The lowest BCUT2D eigenvalue weighted by atomic mass is 9.95. The molecule has 0 unspecified atom stereocenters. The van der Waals surface area contributed by atoms with Crippen LogP contribution in [0.1, 0.15) is 90.7 Å². The summed E-state index contributed by atoms with van der Waals surface area (Å²) in [7, 11) is -4.00. The normalized spacial score (nSPS) is 27.5. The minimum absolute atomic E-state index is 0.0658. The molecule has 2 saturated carbocycles. The molecule has 1 aromatic carbocycles. The first kappa shape index (κ1) is 39.3. The molecule has 4 aliphatic rings. The zero-order valence-corrected chi connectivity index (χ0v) is 30.9. The van der Waals surface area contributed by atoms with Crippen molar-refractivity contribution in [1.82, 2.24) is 24.9 Å². The first-order valence-electron chi connectivity index (χ1n) is 18.0. The number of carbonyl (C=O) groups excluding carboxylic acids is 4. The monoisotopic (exact) mass is 781 g/mol. The Morgan fingerprint density at radius 1 is 1.07 bits per heavy atom. The summed E-state index contributed by atoms with van der Waals surface area (Å²) in [5, 5.41) is 1.96. The Labute approximate surface area is 309 Å². The Kier molecular flexibility index (Phi) is 10.7. The van der Waals surface area contributed by atoms with Gasteiger partial charge in [-0.1, -0.05) is 31.1 Å². The van der Waals surface area contributed by atoms with E-state index in [-0.39, 0.29) is 31.2 Å². The zero-order chi connectivity index (χ0) is 39.2. The van der Waals surface area contributed by atoms with Gasteiger partial charge in [0.2, 0.25) is 33.4 Å². The van der Waals surface area contributed by atoms with Crippen molar-refractivity contribution in [1.29, 1.82) is 0 Å². The molecule has 3 heterocycles. The number of rotatable bonds is 7. The number of allylic oxidation sites excluding steroid dienone is 1. The number of esters is 1. The molecule has 18 heteroatoms. The molecule has 3 fully saturated rings. The van der Waals surface area contributed by atoms with Gasteiger partial charge in [-0.3, -0.25) is 23.9 Å². The molecular formula is C36H43F4N5O8S. The summed E-state index contributed by atoms with van der Waals surface area (Å²) >= 11 is 0. The fourth-order valence-electron chi connectivity index (χ4n) is 7.02. The van der Waals surface area contributed by atoms with Crippen LogP contribution in [0.5, 0.6) is 5.88 Å². The van der Waals surface area contributed by atoms with E-state index in [1.165, 1.54) is 6.07 Å². The summed E-state index contributed by atoms with van der Waals surface area (Å²) in [5.41, 5.74) is -4.93. The van der Waals surface area contributed by atoms with Crippen LogP contribution in [-0.2, 0) is 40.1 Å². The number of amides is 3. The fraction of sp³-hybridized carbons (Fsp3) is 0.611. The predicted octanol–water partition coefficient (Wildman–Crippen LogP) is 4.49. The second kappa shape index (κ2) is 14.7. The van der Waals surface area contributed by atoms with Gasteiger partial charge < -0.3 is 19.7 Å². The molecule has 1 saturated heterocycles. The first-order valence-corrected chi connectivity index (χ1v) is 19.6. The summed E-state index contributed by atoms with van der Waals surface area (Å²) in [6.07, 6.45) is 0.0797. The fourth-order valence-corrected chi connectivity index (χ4v) is 8.38. The third-order valence-electron chi connectivity index (χ3n) is 9.95. The third kappa shape index (κ3) is 8.78. The highest BCUT2D eigenvalue weighted by atomic mass is 32.2. The number of aromatic nitrogens is 2. The number of nitrogens with zero attached hydrogens (tertiary/aromatic N) is 3. The van der Waals surface area contributed by atoms with Crippen LogP contribution in [0, 0.1) is 17.7 Å². The highest BCUT2D eigenvalue weighted by Crippen LogP contribution is 2.46. The van der Waals surface area contributed by atoms with Gasteiger partial charge in [-0.05, 0) is 71.4 Å². The van der Waals surface area contributed by atoms with E-state index >= 15 is 0 Å². The predicted molar refractivity (Wildman–Crippen MR) is 184 cm³/mol. The number of nitrogens with one attached hydrogen (secondary N) is 2. The van der Waals surface area contributed by atoms with Crippen molar-refractivity contribution in [3.05, 3.63) is 41.9 Å². The number of hydrogen-bond donors (Lipinski definition) is 2. The van der Waals surface area contributed by atoms with Crippen LogP contribution in [0.3, 0.4) is 0 Å². The van der Waals surface area contributed by atoms with E-state index in [2.05, 4.69) is 20.0 Å². The van der Waals surface area contributed by atoms with E-state index in [1.54, 1.807) is 26.8 Å². The van der Waals surface area contributed by atoms with Crippen LogP contribution in [0.4, 0.5) is 17.6 Å². The van der Waals surface area contributed by atoms with Crippen molar-refractivity contribution >= 4 is 44.7 Å². The second-order valence-electron chi connectivity index (χ2n) is 15.5. The maximum absolute atomic E-state index is 14.7. The quantitative estimate of drug-likeness (QED) is 0.232. The van der Waals surface area contributed by atoms with Crippen molar-refractivity contribution in [3.63, 3.8) is 0 Å². The summed E-state index contributed by atoms with van der Waals surface area (Å²) in [4.78, 5) is 63.7. The van der Waals surface area contributed by atoms with Crippen LogP contribution >= 0.6 is 0 Å². The van der Waals surface area contributed by atoms with Gasteiger partial charge >= 0.3 is 12.1 Å². The molecule has 2 aromatic rings. The lowest BCUT2D eigenvalue weighted by molar-refractivity contribution is -0.159. The van der Waals surface area contributed by atoms with Crippen molar-refractivity contribution in [3.8, 4) is 5.88 Å². The number of halogens is 4. The zero-order valence-electron chi connectivity index (χ0n) is 30.1. The minimum atomic E-state index is -5.08. The van der Waals surface area contributed by atoms with E-state index in [0.717, 1.165) is 17.0 Å². The van der Waals surface area contributed by atoms with Crippen LogP contribution < -0.4 is 14.8 Å². The van der Waals surface area contributed by atoms with Gasteiger partial charge in [0.05, 0.1) is 23.7 Å². The van der Waals surface area contributed by atoms with E-state index in [4.69, 9.17) is 9.47 Å². The van der Waals surface area contributed by atoms with Crippen LogP contribution in [0.25, 0.3) is 11.0 Å². The van der Waals surface area contributed by atoms with Gasteiger partial charge in [0.25, 0.3) is 5.91 Å². The van der Waals surface area contributed by atoms with Crippen LogP contribution in [0.15, 0.2) is 30.4 Å². The van der Waals surface area contributed by atoms with E-state index < -0.39 is 110 Å². The summed E-state index contributed by atoms with van der Waals surface area (Å²) in [6.45, 7) is 4.57. The van der Waals surface area contributed by atoms with Gasteiger partial charge in [-0.25, -0.2) is 22.8 Å². The number of sulfonamides is 1. The number of hydrogen-bond acceptors (Lipinski definition) is 10. The average molecular weight is 782 g/mol. The average Bonchev–Trinajstić information content (AvgIpc) is 3.99. The first-order chi connectivity index (χ1) is 25.3. The van der Waals surface area contributed by atoms with Gasteiger partial charge in [0.15, 0.2) is 5.82 Å². The standard InChI is InChI=1S/C36H43F4N5O8S/c1-34(2,3)53-27(46)16-20-10-7-5-4-6-8-11-21-18-35(21,33(49)44-54(50,51)23-14-15-23)43-30(47)26-17-22(19-45(26)32(20)48)52-31-29(36(38,39)40)41-25-13-9-12-24(37)28(25)42-31/h8-9,11-13,20-23,26H,4-7,10,14-19H2,1-3H3,(H,43,47)(H,44,49)/b11-8-/t20-,21-,22-,26+,35-/m1/s1. The molecule has 294 valence electrons. The summed E-state index contributed by atoms with van der Waals surface area (Å²) < 4.78 is 96.2. The number of ether oxygens (including phenoxy) is 2. The molecule has 5 atom stereocenters. The Morgan fingerprint density at radius 3 is 2.50 bits per heavy atom. The highest BCUT2D eigenvalue weighted by molar-refractivity contribution is 7.91. The molecule has 6 rings (SSSR count). The van der Waals surface area contributed by atoms with Crippen LogP contribution in [-0.4, -0.2) is 82.1 Å². The maximum atomic E-state index is 14.7. The van der Waals surface area contributed by atoms with Gasteiger partial charge in [-0.2, -0.15) is 13.2 Å². The largest absolute Gasteiger partial charge is 0.471 e. The smallest absolute Gasteiger partial charge is 0.438 e. The third-order valence-corrected chi connectivity index (χ3v) is 11.8. The Balaban J connectivity index is 1.34. The molecule has 3 amide bonds. The molecule has 13 nitrogen and oxygen atoms in total. The SMILES string of the molecule is CC(C)(C)OC(=O)C[C@H]1CCCCC/C=C\[C@@H]2C[C@@]2(C(=O)NS(=O)(=O)C2CC2)NC(=O)[C@@H]2C[C@@H](Oc3nc4c(F)cccc4nc3C(F)(F)F)CN2C1=O. The number of para-hydroxylation sites is 1. The van der Waals surface area contributed by atoms with Crippen molar-refractivity contribution in [2.75, 3.05) is 6.54 Å². The lowest BCUT2D eigenvalue weighted by Gasteiger charge is -2.30. The Morgan fingerprint density at radius 2 is 1.81 bits per heavy atom. The van der Waals surface area contributed by atoms with Crippen molar-refractivity contribution in [2.24, 2.45) is 11.8 Å². The van der Waals surface area contributed by atoms with Crippen LogP contribution in [0.2, 0.25) is 0 Å². The molecule has 0 spiro atoms. The molecule has 2 aliphatic heterocycles. The molecule has 0 radical (unpaired) electrons. The molecular weight excluding hydrogens is 738 g/mol. The Hall–Kier alpha value is -4.35. The molecule has 1 aromatic heterocycles. The molecule has 54 heavy (non-hydrogen) atoms. The van der Waals surface area contributed by atoms with Gasteiger partial charge in [-0.15, -0.1) is 0 Å². The van der Waals surface area contributed by atoms with E-state index in [9.17, 15) is 45.2 Å². The second-order valence-corrected chi connectivity index (χ2v) is 17.4. The molecule has 0 bridgehead atoms. The van der Waals surface area contributed by atoms with Gasteiger partial charge in [0, 0.05) is 18.3 Å². The maximum Gasteiger partial charge on any atom is 0.438 e. The minimum Gasteiger partial charge on any atom is -0.471 e. The number of benzene rings is 1. The van der Waals surface area contributed by atoms with Crippen molar-refractivity contribution in [2.45, 2.75) is 120 Å². The highest BCUT2D eigenvalue weighted by Gasteiger charge is 2.62. The van der Waals surface area contributed by atoms with E-state index in [1.807, 2.05) is 6.08 Å². The molecule has 2 N–H and O–H groups in total. The summed E-state index contributed by atoms with van der Waals surface area (Å²) in [5.74, 6) is -6.68. The summed E-state index contributed by atoms with van der Waals surface area (Å²) in [6, 6.07) is 1.91. The van der Waals surface area contributed by atoms with Crippen molar-refractivity contribution < 1.29 is 54.6 Å². The number of carbonyl (C=O) groups is 4. The number of fused-ring (bicyclic) bond motifs is 3. The number of alkyl halides is 3. The lowest BCUT2D eigenvalue weighted by Crippen LogP contribution is -2.57. The topological polar surface area (TPSA) is 174 Å². The van der Waals surface area contributed by atoms with E-state index in [0.29, 0.717) is 38.5 Å². The molecule has 2 aliphatic carbocycles. The van der Waals surface area contributed by atoms with Gasteiger partial charge in [0.1, 0.15) is 28.8 Å². The Bertz CT molecular complexity index is 1970.